The van der Waals surface area contributed by atoms with Crippen LogP contribution in [0, 0.1) is 13.8 Å². The van der Waals surface area contributed by atoms with Crippen LogP contribution in [0.3, 0.4) is 0 Å². The normalized spacial score (nSPS) is 12.6. The first-order valence-corrected chi connectivity index (χ1v) is 6.85. The van der Waals surface area contributed by atoms with E-state index in [9.17, 15) is 0 Å². The van der Waals surface area contributed by atoms with Crippen molar-refractivity contribution in [2.75, 3.05) is 6.54 Å². The van der Waals surface area contributed by atoms with Crippen LogP contribution in [0.15, 0.2) is 29.1 Å². The Kier molecular flexibility index (Phi) is 3.92. The Hall–Kier alpha value is -1.19. The molecule has 3 heteroatoms. The summed E-state index contributed by atoms with van der Waals surface area (Å²) in [4.78, 5) is 4.59. The predicted octanol–water partition coefficient (Wildman–Crippen LogP) is 3.46. The highest BCUT2D eigenvalue weighted by Crippen LogP contribution is 2.25. The number of aryl methyl sites for hydroxylation is 2. The van der Waals surface area contributed by atoms with Gasteiger partial charge in [0.25, 0.3) is 0 Å². The van der Waals surface area contributed by atoms with Crippen LogP contribution >= 0.6 is 11.3 Å². The van der Waals surface area contributed by atoms with Gasteiger partial charge in [-0.2, -0.15) is 11.3 Å². The molecule has 0 aliphatic rings. The number of nitrogens with one attached hydrogen (secondary N) is 1. The summed E-state index contributed by atoms with van der Waals surface area (Å²) in [6.45, 7) is 7.28. The van der Waals surface area contributed by atoms with Crippen LogP contribution in [0.25, 0.3) is 0 Å². The zero-order valence-electron chi connectivity index (χ0n) is 10.5. The third kappa shape index (κ3) is 2.73. The molecule has 2 aromatic heterocycles. The van der Waals surface area contributed by atoms with E-state index in [4.69, 9.17) is 0 Å². The second-order valence-corrected chi connectivity index (χ2v) is 5.04. The number of thiophene rings is 1. The molecule has 0 radical (unpaired) electrons. The third-order valence-electron chi connectivity index (χ3n) is 2.81. The molecule has 0 amide bonds. The molecule has 1 N–H and O–H groups in total. The second kappa shape index (κ2) is 5.43. The van der Waals surface area contributed by atoms with Gasteiger partial charge in [0.1, 0.15) is 0 Å². The van der Waals surface area contributed by atoms with Crippen LogP contribution in [0.1, 0.15) is 35.3 Å². The molecule has 0 fully saturated rings. The quantitative estimate of drug-likeness (QED) is 0.893. The van der Waals surface area contributed by atoms with Gasteiger partial charge >= 0.3 is 0 Å². The smallest absolute Gasteiger partial charge is 0.0762 e. The molecule has 90 valence electrons. The molecule has 2 heterocycles. The molecule has 2 nitrogen and oxygen atoms in total. The first-order chi connectivity index (χ1) is 8.22. The van der Waals surface area contributed by atoms with Crippen LogP contribution < -0.4 is 5.32 Å². The Balaban J connectivity index is 2.39. The molecule has 0 saturated heterocycles. The van der Waals surface area contributed by atoms with E-state index in [1.54, 1.807) is 11.3 Å². The topological polar surface area (TPSA) is 24.9 Å². The molecule has 0 saturated carbocycles. The van der Waals surface area contributed by atoms with Gasteiger partial charge in [0.05, 0.1) is 11.7 Å². The summed E-state index contributed by atoms with van der Waals surface area (Å²) in [7, 11) is 0. The summed E-state index contributed by atoms with van der Waals surface area (Å²) < 4.78 is 0. The SMILES string of the molecule is CCNC(c1ccsc1)c1ncc(C)cc1C. The summed E-state index contributed by atoms with van der Waals surface area (Å²) in [5.74, 6) is 0. The Labute approximate surface area is 107 Å². The number of rotatable bonds is 4. The van der Waals surface area contributed by atoms with E-state index in [1.165, 1.54) is 16.7 Å². The van der Waals surface area contributed by atoms with Gasteiger partial charge < -0.3 is 5.32 Å². The molecule has 2 aromatic rings. The van der Waals surface area contributed by atoms with E-state index < -0.39 is 0 Å². The number of hydrogen-bond donors (Lipinski definition) is 1. The van der Waals surface area contributed by atoms with Gasteiger partial charge in [-0.3, -0.25) is 4.98 Å². The van der Waals surface area contributed by atoms with Crippen molar-refractivity contribution in [3.63, 3.8) is 0 Å². The molecule has 1 atom stereocenters. The summed E-state index contributed by atoms with van der Waals surface area (Å²) >= 11 is 1.73. The van der Waals surface area contributed by atoms with Crippen molar-refractivity contribution in [1.29, 1.82) is 0 Å². The zero-order valence-corrected chi connectivity index (χ0v) is 11.3. The first-order valence-electron chi connectivity index (χ1n) is 5.91. The molecule has 0 spiro atoms. The van der Waals surface area contributed by atoms with Crippen molar-refractivity contribution >= 4 is 11.3 Å². The lowest BCUT2D eigenvalue weighted by atomic mass is 10.0. The van der Waals surface area contributed by atoms with Gasteiger partial charge in [-0.05, 0) is 53.9 Å². The van der Waals surface area contributed by atoms with E-state index in [0.717, 1.165) is 12.2 Å². The lowest BCUT2D eigenvalue weighted by Gasteiger charge is -2.18. The van der Waals surface area contributed by atoms with Gasteiger partial charge in [0, 0.05) is 6.20 Å². The molecule has 17 heavy (non-hydrogen) atoms. The molecule has 0 aliphatic heterocycles. The fourth-order valence-corrected chi connectivity index (χ4v) is 2.73. The van der Waals surface area contributed by atoms with Crippen molar-refractivity contribution in [1.82, 2.24) is 10.3 Å². The highest BCUT2D eigenvalue weighted by atomic mass is 32.1. The summed E-state index contributed by atoms with van der Waals surface area (Å²) in [5, 5.41) is 7.81. The van der Waals surface area contributed by atoms with E-state index in [2.05, 4.69) is 54.0 Å². The number of aromatic nitrogens is 1. The van der Waals surface area contributed by atoms with Crippen molar-refractivity contribution in [2.24, 2.45) is 0 Å². The van der Waals surface area contributed by atoms with E-state index >= 15 is 0 Å². The maximum atomic E-state index is 4.59. The Bertz CT molecular complexity index is 477. The summed E-state index contributed by atoms with van der Waals surface area (Å²) in [6.07, 6.45) is 1.94. The monoisotopic (exact) mass is 246 g/mol. The fraction of sp³-hybridized carbons (Fsp3) is 0.357. The standard InChI is InChI=1S/C14H18N2S/c1-4-15-14(12-5-6-17-9-12)13-11(3)7-10(2)8-16-13/h5-9,14-15H,4H2,1-3H3. The molecule has 0 aromatic carbocycles. The second-order valence-electron chi connectivity index (χ2n) is 4.26. The molecule has 0 bridgehead atoms. The lowest BCUT2D eigenvalue weighted by molar-refractivity contribution is 0.613. The van der Waals surface area contributed by atoms with Crippen LogP contribution in [0.2, 0.25) is 0 Å². The van der Waals surface area contributed by atoms with E-state index in [0.29, 0.717) is 0 Å². The number of pyridine rings is 1. The van der Waals surface area contributed by atoms with Crippen molar-refractivity contribution in [3.8, 4) is 0 Å². The maximum Gasteiger partial charge on any atom is 0.0762 e. The summed E-state index contributed by atoms with van der Waals surface area (Å²) in [5.41, 5.74) is 4.90. The lowest BCUT2D eigenvalue weighted by Crippen LogP contribution is -2.23. The molecular formula is C14H18N2S. The first kappa shape index (κ1) is 12.3. The van der Waals surface area contributed by atoms with Gasteiger partial charge in [-0.25, -0.2) is 0 Å². The van der Waals surface area contributed by atoms with Crippen LogP contribution in [-0.2, 0) is 0 Å². The van der Waals surface area contributed by atoms with Crippen LogP contribution in [-0.4, -0.2) is 11.5 Å². The van der Waals surface area contributed by atoms with Crippen molar-refractivity contribution < 1.29 is 0 Å². The van der Waals surface area contributed by atoms with E-state index in [-0.39, 0.29) is 6.04 Å². The minimum atomic E-state index is 0.215. The molecule has 0 aliphatic carbocycles. The van der Waals surface area contributed by atoms with Crippen LogP contribution in [0.4, 0.5) is 0 Å². The number of hydrogen-bond acceptors (Lipinski definition) is 3. The van der Waals surface area contributed by atoms with Crippen molar-refractivity contribution in [2.45, 2.75) is 26.8 Å². The molecule has 1 unspecified atom stereocenters. The molecular weight excluding hydrogens is 228 g/mol. The minimum absolute atomic E-state index is 0.215. The average Bonchev–Trinajstić information content (AvgIpc) is 2.80. The average molecular weight is 246 g/mol. The van der Waals surface area contributed by atoms with E-state index in [1.807, 2.05) is 6.20 Å². The molecule has 2 rings (SSSR count). The fourth-order valence-electron chi connectivity index (χ4n) is 2.04. The van der Waals surface area contributed by atoms with Gasteiger partial charge in [-0.1, -0.05) is 13.0 Å². The van der Waals surface area contributed by atoms with Crippen molar-refractivity contribution in [3.05, 3.63) is 51.5 Å². The highest BCUT2D eigenvalue weighted by molar-refractivity contribution is 7.08. The zero-order chi connectivity index (χ0) is 12.3. The minimum Gasteiger partial charge on any atom is -0.305 e. The summed E-state index contributed by atoms with van der Waals surface area (Å²) in [6, 6.07) is 4.57. The maximum absolute atomic E-state index is 4.59. The Morgan fingerprint density at radius 2 is 2.24 bits per heavy atom. The largest absolute Gasteiger partial charge is 0.305 e. The predicted molar refractivity (Wildman–Crippen MR) is 73.5 cm³/mol. The van der Waals surface area contributed by atoms with Gasteiger partial charge in [0.15, 0.2) is 0 Å². The Morgan fingerprint density at radius 1 is 1.41 bits per heavy atom. The Morgan fingerprint density at radius 3 is 2.82 bits per heavy atom. The van der Waals surface area contributed by atoms with Gasteiger partial charge in [-0.15, -0.1) is 0 Å². The van der Waals surface area contributed by atoms with Crippen LogP contribution in [0.5, 0.6) is 0 Å². The van der Waals surface area contributed by atoms with Gasteiger partial charge in [0.2, 0.25) is 0 Å². The number of nitrogens with zero attached hydrogens (tertiary/aromatic N) is 1. The third-order valence-corrected chi connectivity index (χ3v) is 3.52. The highest BCUT2D eigenvalue weighted by Gasteiger charge is 2.16.